The van der Waals surface area contributed by atoms with Crippen molar-refractivity contribution >= 4 is 17.4 Å². The summed E-state index contributed by atoms with van der Waals surface area (Å²) in [5, 5.41) is 0. The van der Waals surface area contributed by atoms with Crippen molar-refractivity contribution in [1.82, 2.24) is 4.57 Å². The molecule has 0 bridgehead atoms. The fraction of sp³-hybridized carbons (Fsp3) is 0.350. The summed E-state index contributed by atoms with van der Waals surface area (Å²) in [6, 6.07) is 8.25. The lowest BCUT2D eigenvalue weighted by molar-refractivity contribution is -0.121. The molecular formula is C20H22N2O5. The summed E-state index contributed by atoms with van der Waals surface area (Å²) in [4.78, 5) is 38.8. The number of carbonyl (C=O) groups excluding carboxylic acids is 2. The highest BCUT2D eigenvalue weighted by Crippen LogP contribution is 2.33. The molecule has 1 aliphatic heterocycles. The lowest BCUT2D eigenvalue weighted by atomic mass is 10.1. The molecule has 0 N–H and O–H groups in total. The van der Waals surface area contributed by atoms with Crippen LogP contribution in [0.3, 0.4) is 0 Å². The molecule has 0 saturated heterocycles. The smallest absolute Gasteiger partial charge is 0.293 e. The molecule has 2 heterocycles. The van der Waals surface area contributed by atoms with Crippen LogP contribution in [0.2, 0.25) is 0 Å². The lowest BCUT2D eigenvalue weighted by Crippen LogP contribution is -2.39. The Kier molecular flexibility index (Phi) is 5.59. The summed E-state index contributed by atoms with van der Waals surface area (Å²) >= 11 is 0. The third-order valence-corrected chi connectivity index (χ3v) is 4.27. The second-order valence-corrected chi connectivity index (χ2v) is 6.18. The van der Waals surface area contributed by atoms with Gasteiger partial charge in [0, 0.05) is 18.3 Å². The van der Waals surface area contributed by atoms with Crippen LogP contribution in [0.4, 0.5) is 5.69 Å². The van der Waals surface area contributed by atoms with Crippen LogP contribution in [0.5, 0.6) is 11.5 Å². The van der Waals surface area contributed by atoms with Crippen molar-refractivity contribution in [3.63, 3.8) is 0 Å². The maximum Gasteiger partial charge on any atom is 0.293 e. The zero-order valence-corrected chi connectivity index (χ0v) is 15.4. The van der Waals surface area contributed by atoms with E-state index < -0.39 is 0 Å². The zero-order chi connectivity index (χ0) is 19.4. The summed E-state index contributed by atoms with van der Waals surface area (Å²) in [6.45, 7) is 4.60. The van der Waals surface area contributed by atoms with Gasteiger partial charge in [-0.1, -0.05) is 6.92 Å². The van der Waals surface area contributed by atoms with Crippen LogP contribution in [0.25, 0.3) is 0 Å². The number of ether oxygens (including phenoxy) is 2. The number of amides is 1. The van der Waals surface area contributed by atoms with Crippen molar-refractivity contribution in [2.45, 2.75) is 26.8 Å². The molecule has 0 radical (unpaired) electrons. The predicted molar refractivity (Wildman–Crippen MR) is 101 cm³/mol. The number of fused-ring (bicyclic) bond motifs is 1. The first kappa shape index (κ1) is 18.7. The number of rotatable bonds is 7. The molecule has 1 aliphatic rings. The SMILES string of the molecule is CCCN1C(=O)COc2ccc(C(=O)Cn3cccc(OCC)c3=O)cc21. The number of hydrogen-bond donors (Lipinski definition) is 0. The minimum Gasteiger partial charge on any atom is -0.488 e. The van der Waals surface area contributed by atoms with Crippen molar-refractivity contribution in [2.24, 2.45) is 0 Å². The Morgan fingerprint density at radius 1 is 1.22 bits per heavy atom. The first-order valence-corrected chi connectivity index (χ1v) is 8.97. The maximum atomic E-state index is 12.7. The first-order valence-electron chi connectivity index (χ1n) is 8.97. The molecule has 1 aromatic heterocycles. The van der Waals surface area contributed by atoms with Crippen LogP contribution in [0.1, 0.15) is 30.6 Å². The van der Waals surface area contributed by atoms with E-state index in [4.69, 9.17) is 9.47 Å². The number of aromatic nitrogens is 1. The summed E-state index contributed by atoms with van der Waals surface area (Å²) < 4.78 is 12.1. The third kappa shape index (κ3) is 3.86. The van der Waals surface area contributed by atoms with Crippen LogP contribution >= 0.6 is 0 Å². The van der Waals surface area contributed by atoms with E-state index in [1.807, 2.05) is 6.92 Å². The van der Waals surface area contributed by atoms with Crippen LogP contribution in [-0.4, -0.2) is 36.0 Å². The molecule has 0 saturated carbocycles. The zero-order valence-electron chi connectivity index (χ0n) is 15.4. The quantitative estimate of drug-likeness (QED) is 0.699. The molecular weight excluding hydrogens is 348 g/mol. The summed E-state index contributed by atoms with van der Waals surface area (Å²) in [7, 11) is 0. The molecule has 27 heavy (non-hydrogen) atoms. The third-order valence-electron chi connectivity index (χ3n) is 4.27. The molecule has 1 amide bonds. The average Bonchev–Trinajstić information content (AvgIpc) is 2.67. The number of benzene rings is 1. The molecule has 0 aliphatic carbocycles. The molecule has 142 valence electrons. The fourth-order valence-corrected chi connectivity index (χ4v) is 3.00. The minimum absolute atomic E-state index is 0.0000917. The number of Topliss-reactive ketones (excluding diaryl/α,β-unsaturated/α-hetero) is 1. The second-order valence-electron chi connectivity index (χ2n) is 6.18. The van der Waals surface area contributed by atoms with Crippen molar-refractivity contribution in [3.05, 3.63) is 52.4 Å². The van der Waals surface area contributed by atoms with E-state index in [9.17, 15) is 14.4 Å². The van der Waals surface area contributed by atoms with E-state index in [-0.39, 0.29) is 36.2 Å². The standard InChI is InChI=1S/C20H22N2O5/c1-3-9-22-15-11-14(7-8-17(15)27-13-19(22)24)16(23)12-21-10-5-6-18(20(21)25)26-4-2/h5-8,10-11H,3-4,9,12-13H2,1-2H3. The van der Waals surface area contributed by atoms with Crippen molar-refractivity contribution < 1.29 is 19.1 Å². The molecule has 0 unspecified atom stereocenters. The summed E-state index contributed by atoms with van der Waals surface area (Å²) in [5.41, 5.74) is 0.660. The maximum absolute atomic E-state index is 12.7. The van der Waals surface area contributed by atoms with Gasteiger partial charge in [-0.15, -0.1) is 0 Å². The molecule has 0 atom stereocenters. The van der Waals surface area contributed by atoms with Crippen LogP contribution in [0, 0.1) is 0 Å². The highest BCUT2D eigenvalue weighted by molar-refractivity contribution is 6.01. The van der Waals surface area contributed by atoms with Crippen LogP contribution in [0.15, 0.2) is 41.3 Å². The molecule has 2 aromatic rings. The first-order chi connectivity index (χ1) is 13.0. The normalized spacial score (nSPS) is 13.1. The van der Waals surface area contributed by atoms with Crippen molar-refractivity contribution in [2.75, 3.05) is 24.7 Å². The van der Waals surface area contributed by atoms with Crippen molar-refractivity contribution in [1.29, 1.82) is 0 Å². The Morgan fingerprint density at radius 3 is 2.78 bits per heavy atom. The predicted octanol–water partition coefficient (Wildman–Crippen LogP) is 2.27. The number of ketones is 1. The Morgan fingerprint density at radius 2 is 2.04 bits per heavy atom. The van der Waals surface area contributed by atoms with E-state index in [1.165, 1.54) is 4.57 Å². The van der Waals surface area contributed by atoms with E-state index in [0.29, 0.717) is 30.2 Å². The number of nitrogens with zero attached hydrogens (tertiary/aromatic N) is 2. The summed E-state index contributed by atoms with van der Waals surface area (Å²) in [5.74, 6) is 0.430. The van der Waals surface area contributed by atoms with Gasteiger partial charge in [-0.25, -0.2) is 0 Å². The fourth-order valence-electron chi connectivity index (χ4n) is 3.00. The number of pyridine rings is 1. The van der Waals surface area contributed by atoms with Crippen molar-refractivity contribution in [3.8, 4) is 11.5 Å². The second kappa shape index (κ2) is 8.07. The monoisotopic (exact) mass is 370 g/mol. The van der Waals surface area contributed by atoms with E-state index in [1.54, 1.807) is 48.4 Å². The van der Waals surface area contributed by atoms with Gasteiger partial charge in [0.05, 0.1) is 18.8 Å². The largest absolute Gasteiger partial charge is 0.488 e. The Hall–Kier alpha value is -3.09. The Bertz CT molecular complexity index is 919. The van der Waals surface area contributed by atoms with Gasteiger partial charge in [-0.3, -0.25) is 14.4 Å². The lowest BCUT2D eigenvalue weighted by Gasteiger charge is -2.29. The van der Waals surface area contributed by atoms with E-state index >= 15 is 0 Å². The number of carbonyl (C=O) groups is 2. The van der Waals surface area contributed by atoms with E-state index in [2.05, 4.69) is 0 Å². The van der Waals surface area contributed by atoms with Crippen LogP contribution < -0.4 is 19.9 Å². The molecule has 7 nitrogen and oxygen atoms in total. The highest BCUT2D eigenvalue weighted by Gasteiger charge is 2.26. The van der Waals surface area contributed by atoms with Gasteiger partial charge in [0.2, 0.25) is 0 Å². The van der Waals surface area contributed by atoms with Gasteiger partial charge >= 0.3 is 0 Å². The molecule has 0 fully saturated rings. The molecule has 0 spiro atoms. The van der Waals surface area contributed by atoms with Gasteiger partial charge in [0.25, 0.3) is 11.5 Å². The van der Waals surface area contributed by atoms with Gasteiger partial charge in [0.1, 0.15) is 5.75 Å². The Balaban J connectivity index is 1.87. The number of anilines is 1. The van der Waals surface area contributed by atoms with Gasteiger partial charge in [-0.05, 0) is 43.7 Å². The minimum atomic E-state index is -0.350. The van der Waals surface area contributed by atoms with E-state index in [0.717, 1.165) is 6.42 Å². The highest BCUT2D eigenvalue weighted by atomic mass is 16.5. The topological polar surface area (TPSA) is 77.8 Å². The van der Waals surface area contributed by atoms with Gasteiger partial charge in [-0.2, -0.15) is 0 Å². The average molecular weight is 370 g/mol. The van der Waals surface area contributed by atoms with Crippen LogP contribution in [-0.2, 0) is 11.3 Å². The number of hydrogen-bond acceptors (Lipinski definition) is 5. The van der Waals surface area contributed by atoms with Gasteiger partial charge in [0.15, 0.2) is 18.1 Å². The Labute approximate surface area is 157 Å². The molecule has 7 heteroatoms. The molecule has 3 rings (SSSR count). The molecule has 1 aromatic carbocycles. The van der Waals surface area contributed by atoms with Gasteiger partial charge < -0.3 is 18.9 Å². The summed E-state index contributed by atoms with van der Waals surface area (Å²) in [6.07, 6.45) is 2.35.